The monoisotopic (exact) mass is 318 g/mol. The van der Waals surface area contributed by atoms with E-state index in [2.05, 4.69) is 10.6 Å². The van der Waals surface area contributed by atoms with Crippen LogP contribution in [0.5, 0.6) is 0 Å². The Morgan fingerprint density at radius 2 is 2.00 bits per heavy atom. The van der Waals surface area contributed by atoms with E-state index in [9.17, 15) is 22.4 Å². The van der Waals surface area contributed by atoms with E-state index >= 15 is 0 Å². The van der Waals surface area contributed by atoms with Crippen molar-refractivity contribution in [3.05, 3.63) is 29.6 Å². The highest BCUT2D eigenvalue weighted by Gasteiger charge is 2.17. The standard InChI is InChI=1S/C12H15FN2O5S/c1-2-21(19,20)7-6-14-12(18)15-9-5-3-4-8(13)10(9)11(16)17/h3-5H,2,6-7H2,1H3,(H,16,17)(H2,14,15,18). The van der Waals surface area contributed by atoms with Crippen molar-refractivity contribution in [1.82, 2.24) is 5.32 Å². The zero-order chi connectivity index (χ0) is 16.0. The second-order valence-electron chi connectivity index (χ2n) is 4.08. The number of nitrogens with one attached hydrogen (secondary N) is 2. The molecule has 7 nitrogen and oxygen atoms in total. The molecule has 1 aromatic rings. The molecule has 0 saturated carbocycles. The lowest BCUT2D eigenvalue weighted by molar-refractivity contribution is 0.0693. The fourth-order valence-corrected chi connectivity index (χ4v) is 2.18. The van der Waals surface area contributed by atoms with E-state index < -0.39 is 33.2 Å². The maximum absolute atomic E-state index is 13.4. The number of benzene rings is 1. The third-order valence-corrected chi connectivity index (χ3v) is 4.32. The van der Waals surface area contributed by atoms with Crippen molar-refractivity contribution in [3.63, 3.8) is 0 Å². The van der Waals surface area contributed by atoms with Crippen molar-refractivity contribution in [2.75, 3.05) is 23.4 Å². The van der Waals surface area contributed by atoms with Gasteiger partial charge in [-0.2, -0.15) is 0 Å². The number of carbonyl (C=O) groups is 2. The van der Waals surface area contributed by atoms with Gasteiger partial charge in [-0.25, -0.2) is 22.4 Å². The van der Waals surface area contributed by atoms with E-state index in [-0.39, 0.29) is 23.7 Å². The molecule has 0 fully saturated rings. The average molecular weight is 318 g/mol. The van der Waals surface area contributed by atoms with Crippen LogP contribution in [0.3, 0.4) is 0 Å². The van der Waals surface area contributed by atoms with Gasteiger partial charge in [-0.05, 0) is 12.1 Å². The van der Waals surface area contributed by atoms with Gasteiger partial charge >= 0.3 is 12.0 Å². The number of rotatable bonds is 6. The number of hydrogen-bond donors (Lipinski definition) is 3. The van der Waals surface area contributed by atoms with Crippen molar-refractivity contribution in [2.24, 2.45) is 0 Å². The lowest BCUT2D eigenvalue weighted by Crippen LogP contribution is -2.33. The predicted octanol–water partition coefficient (Wildman–Crippen LogP) is 1.08. The number of carbonyl (C=O) groups excluding carboxylic acids is 1. The molecule has 3 N–H and O–H groups in total. The quantitative estimate of drug-likeness (QED) is 0.726. The van der Waals surface area contributed by atoms with E-state index in [0.29, 0.717) is 0 Å². The molecule has 0 aliphatic rings. The Morgan fingerprint density at radius 1 is 1.33 bits per heavy atom. The highest BCUT2D eigenvalue weighted by atomic mass is 32.2. The van der Waals surface area contributed by atoms with Crippen LogP contribution in [0.15, 0.2) is 18.2 Å². The van der Waals surface area contributed by atoms with Gasteiger partial charge in [0.05, 0.1) is 11.4 Å². The number of amides is 2. The van der Waals surface area contributed by atoms with Gasteiger partial charge in [-0.15, -0.1) is 0 Å². The van der Waals surface area contributed by atoms with Gasteiger partial charge in [-0.3, -0.25) is 0 Å². The summed E-state index contributed by atoms with van der Waals surface area (Å²) in [5, 5.41) is 13.3. The summed E-state index contributed by atoms with van der Waals surface area (Å²) >= 11 is 0. The molecule has 1 rings (SSSR count). The van der Waals surface area contributed by atoms with Crippen LogP contribution in [0.2, 0.25) is 0 Å². The Hall–Kier alpha value is -2.16. The van der Waals surface area contributed by atoms with Gasteiger partial charge in [0, 0.05) is 12.3 Å². The zero-order valence-corrected chi connectivity index (χ0v) is 12.0. The molecule has 0 radical (unpaired) electrons. The van der Waals surface area contributed by atoms with Crippen molar-refractivity contribution >= 4 is 27.5 Å². The number of carboxylic acid groups (broad SMARTS) is 1. The number of anilines is 1. The highest BCUT2D eigenvalue weighted by molar-refractivity contribution is 7.91. The second-order valence-corrected chi connectivity index (χ2v) is 6.56. The Morgan fingerprint density at radius 3 is 2.57 bits per heavy atom. The fourth-order valence-electron chi connectivity index (χ4n) is 1.48. The van der Waals surface area contributed by atoms with Gasteiger partial charge < -0.3 is 15.7 Å². The summed E-state index contributed by atoms with van der Waals surface area (Å²) in [7, 11) is -3.21. The normalized spacial score (nSPS) is 11.0. The lowest BCUT2D eigenvalue weighted by Gasteiger charge is -2.10. The fraction of sp³-hybridized carbons (Fsp3) is 0.333. The maximum atomic E-state index is 13.4. The number of urea groups is 1. The number of halogens is 1. The first-order valence-electron chi connectivity index (χ1n) is 6.04. The third-order valence-electron chi connectivity index (χ3n) is 2.61. The first kappa shape index (κ1) is 16.9. The molecule has 0 spiro atoms. The number of carboxylic acids is 1. The number of sulfone groups is 1. The smallest absolute Gasteiger partial charge is 0.340 e. The zero-order valence-electron chi connectivity index (χ0n) is 11.2. The van der Waals surface area contributed by atoms with Crippen LogP contribution >= 0.6 is 0 Å². The number of hydrogen-bond acceptors (Lipinski definition) is 4. The van der Waals surface area contributed by atoms with Crippen LogP contribution in [0.25, 0.3) is 0 Å². The topological polar surface area (TPSA) is 113 Å². The molecule has 0 atom stereocenters. The number of aromatic carboxylic acids is 1. The molecule has 0 aliphatic carbocycles. The first-order valence-corrected chi connectivity index (χ1v) is 7.86. The van der Waals surface area contributed by atoms with Gasteiger partial charge in [0.1, 0.15) is 11.4 Å². The van der Waals surface area contributed by atoms with Crippen LogP contribution in [-0.2, 0) is 9.84 Å². The average Bonchev–Trinajstić information content (AvgIpc) is 2.38. The van der Waals surface area contributed by atoms with Crippen LogP contribution < -0.4 is 10.6 Å². The van der Waals surface area contributed by atoms with Crippen LogP contribution in [-0.4, -0.2) is 43.6 Å². The molecular formula is C12H15FN2O5S. The molecular weight excluding hydrogens is 303 g/mol. The second kappa shape index (κ2) is 7.02. The molecule has 1 aromatic carbocycles. The Balaban J connectivity index is 2.68. The predicted molar refractivity (Wildman–Crippen MR) is 74.7 cm³/mol. The van der Waals surface area contributed by atoms with E-state index in [4.69, 9.17) is 5.11 Å². The summed E-state index contributed by atoms with van der Waals surface area (Å²) in [5.41, 5.74) is -0.868. The Labute approximate surface area is 121 Å². The molecule has 9 heteroatoms. The van der Waals surface area contributed by atoms with Gasteiger partial charge in [0.25, 0.3) is 0 Å². The summed E-state index contributed by atoms with van der Waals surface area (Å²) < 4.78 is 35.8. The summed E-state index contributed by atoms with van der Waals surface area (Å²) in [5.74, 6) is -2.76. The van der Waals surface area contributed by atoms with Gasteiger partial charge in [-0.1, -0.05) is 13.0 Å². The molecule has 0 saturated heterocycles. The van der Waals surface area contributed by atoms with Gasteiger partial charge in [0.15, 0.2) is 9.84 Å². The van der Waals surface area contributed by atoms with E-state index in [1.807, 2.05) is 0 Å². The summed E-state index contributed by atoms with van der Waals surface area (Å²) in [4.78, 5) is 22.5. The van der Waals surface area contributed by atoms with Crippen molar-refractivity contribution in [3.8, 4) is 0 Å². The van der Waals surface area contributed by atoms with Crippen LogP contribution in [0.4, 0.5) is 14.9 Å². The minimum absolute atomic E-state index is 0.0383. The third kappa shape index (κ3) is 5.03. The molecule has 0 aromatic heterocycles. The highest BCUT2D eigenvalue weighted by Crippen LogP contribution is 2.18. The van der Waals surface area contributed by atoms with Crippen molar-refractivity contribution in [2.45, 2.75) is 6.92 Å². The molecule has 21 heavy (non-hydrogen) atoms. The van der Waals surface area contributed by atoms with E-state index in [1.165, 1.54) is 19.1 Å². The lowest BCUT2D eigenvalue weighted by atomic mass is 10.1. The Kier molecular flexibility index (Phi) is 5.65. The van der Waals surface area contributed by atoms with Crippen LogP contribution in [0.1, 0.15) is 17.3 Å². The summed E-state index contributed by atoms with van der Waals surface area (Å²) in [6.45, 7) is 1.36. The van der Waals surface area contributed by atoms with Crippen LogP contribution in [0, 0.1) is 5.82 Å². The van der Waals surface area contributed by atoms with E-state index in [1.54, 1.807) is 0 Å². The molecule has 0 aliphatic heterocycles. The van der Waals surface area contributed by atoms with E-state index in [0.717, 1.165) is 6.07 Å². The molecule has 0 unspecified atom stereocenters. The molecule has 0 heterocycles. The SMILES string of the molecule is CCS(=O)(=O)CCNC(=O)Nc1cccc(F)c1C(=O)O. The minimum atomic E-state index is -3.21. The molecule has 0 bridgehead atoms. The van der Waals surface area contributed by atoms with Crippen molar-refractivity contribution < 1.29 is 27.5 Å². The summed E-state index contributed by atoms with van der Waals surface area (Å²) in [6, 6.07) is 2.63. The Bertz CT molecular complexity index is 645. The minimum Gasteiger partial charge on any atom is -0.478 e. The molecule has 116 valence electrons. The van der Waals surface area contributed by atoms with Crippen molar-refractivity contribution in [1.29, 1.82) is 0 Å². The maximum Gasteiger partial charge on any atom is 0.340 e. The summed E-state index contributed by atoms with van der Waals surface area (Å²) in [6.07, 6.45) is 0. The van der Waals surface area contributed by atoms with Gasteiger partial charge in [0.2, 0.25) is 0 Å². The molecule has 2 amide bonds. The largest absolute Gasteiger partial charge is 0.478 e. The first-order chi connectivity index (χ1) is 9.76.